The van der Waals surface area contributed by atoms with Crippen LogP contribution in [0.1, 0.15) is 34.6 Å². The van der Waals surface area contributed by atoms with Gasteiger partial charge in [-0.3, -0.25) is 4.79 Å². The molecule has 20 heavy (non-hydrogen) atoms. The molecule has 0 bridgehead atoms. The minimum Gasteiger partial charge on any atom is -0.444 e. The van der Waals surface area contributed by atoms with Crippen molar-refractivity contribution in [2.75, 3.05) is 11.9 Å². The van der Waals surface area contributed by atoms with E-state index in [9.17, 15) is 4.79 Å². The lowest BCUT2D eigenvalue weighted by Crippen LogP contribution is -2.22. The molecule has 0 atom stereocenters. The first-order chi connectivity index (χ1) is 9.60. The van der Waals surface area contributed by atoms with E-state index in [1.165, 1.54) is 0 Å². The van der Waals surface area contributed by atoms with Crippen molar-refractivity contribution in [1.29, 1.82) is 0 Å². The van der Waals surface area contributed by atoms with Crippen molar-refractivity contribution in [3.8, 4) is 0 Å². The maximum atomic E-state index is 12.0. The number of carbonyl (C=O) groups is 1. The number of nitrogens with zero attached hydrogens (tertiary/aromatic N) is 1. The number of carbonyl (C=O) groups excluding carboxylic acids is 1. The van der Waals surface area contributed by atoms with Gasteiger partial charge in [-0.2, -0.15) is 0 Å². The number of aryl methyl sites for hydroxylation is 2. The number of hydrogen-bond donors (Lipinski definition) is 2. The fourth-order valence-corrected chi connectivity index (χ4v) is 1.82. The van der Waals surface area contributed by atoms with Gasteiger partial charge in [0.05, 0.1) is 12.2 Å². The highest BCUT2D eigenvalue weighted by Gasteiger charge is 2.09. The Kier molecular flexibility index (Phi) is 4.40. The van der Waals surface area contributed by atoms with E-state index in [0.29, 0.717) is 18.0 Å². The van der Waals surface area contributed by atoms with Crippen molar-refractivity contribution >= 4 is 11.6 Å². The van der Waals surface area contributed by atoms with E-state index in [-0.39, 0.29) is 5.91 Å². The monoisotopic (exact) mass is 273 g/mol. The maximum Gasteiger partial charge on any atom is 0.251 e. The highest BCUT2D eigenvalue weighted by atomic mass is 16.4. The molecule has 1 aromatic carbocycles. The molecule has 0 aliphatic rings. The molecule has 0 saturated carbocycles. The molecule has 5 nitrogen and oxygen atoms in total. The molecular weight excluding hydrogens is 254 g/mol. The molecule has 0 unspecified atom stereocenters. The summed E-state index contributed by atoms with van der Waals surface area (Å²) in [4.78, 5) is 16.2. The number of amides is 1. The Bertz CT molecular complexity index is 568. The minimum absolute atomic E-state index is 0.137. The Morgan fingerprint density at radius 1 is 1.25 bits per heavy atom. The first-order valence-corrected chi connectivity index (χ1v) is 6.65. The van der Waals surface area contributed by atoms with E-state index < -0.39 is 0 Å². The number of oxazole rings is 1. The molecule has 5 heteroatoms. The zero-order valence-corrected chi connectivity index (χ0v) is 12.0. The van der Waals surface area contributed by atoms with Crippen LogP contribution in [0, 0.1) is 13.8 Å². The van der Waals surface area contributed by atoms with Crippen molar-refractivity contribution in [3.05, 3.63) is 47.2 Å². The zero-order chi connectivity index (χ0) is 14.5. The Morgan fingerprint density at radius 3 is 2.50 bits per heavy atom. The Hall–Kier alpha value is -2.30. The summed E-state index contributed by atoms with van der Waals surface area (Å²) in [5.74, 6) is 1.17. The molecule has 2 aromatic rings. The lowest BCUT2D eigenvalue weighted by atomic mass is 10.2. The lowest BCUT2D eigenvalue weighted by molar-refractivity contribution is 0.0947. The van der Waals surface area contributed by atoms with Crippen LogP contribution in [0.2, 0.25) is 0 Å². The number of rotatable bonds is 5. The number of nitrogens with one attached hydrogen (secondary N) is 2. The van der Waals surface area contributed by atoms with E-state index >= 15 is 0 Å². The van der Waals surface area contributed by atoms with Gasteiger partial charge in [0.25, 0.3) is 5.91 Å². The van der Waals surface area contributed by atoms with Crippen LogP contribution in [-0.4, -0.2) is 17.4 Å². The molecule has 1 heterocycles. The average Bonchev–Trinajstić information content (AvgIpc) is 2.76. The largest absolute Gasteiger partial charge is 0.444 e. The molecule has 0 fully saturated rings. The fourth-order valence-electron chi connectivity index (χ4n) is 1.82. The van der Waals surface area contributed by atoms with Crippen LogP contribution < -0.4 is 10.6 Å². The van der Waals surface area contributed by atoms with Crippen molar-refractivity contribution in [3.63, 3.8) is 0 Å². The predicted molar refractivity (Wildman–Crippen MR) is 77.8 cm³/mol. The summed E-state index contributed by atoms with van der Waals surface area (Å²) in [5.41, 5.74) is 2.47. The van der Waals surface area contributed by atoms with Crippen molar-refractivity contribution in [2.24, 2.45) is 0 Å². The standard InChI is InChI=1S/C15H19N3O2/c1-4-16-13-7-5-12(6-8-13)15(19)17-9-14-18-10(2)11(3)20-14/h5-8,16H,4,9H2,1-3H3,(H,17,19). The summed E-state index contributed by atoms with van der Waals surface area (Å²) >= 11 is 0. The van der Waals surface area contributed by atoms with Gasteiger partial charge in [0.2, 0.25) is 5.89 Å². The Balaban J connectivity index is 1.94. The van der Waals surface area contributed by atoms with Crippen LogP contribution in [0.3, 0.4) is 0 Å². The molecule has 0 radical (unpaired) electrons. The SMILES string of the molecule is CCNc1ccc(C(=O)NCc2nc(C)c(C)o2)cc1. The highest BCUT2D eigenvalue weighted by Crippen LogP contribution is 2.10. The lowest BCUT2D eigenvalue weighted by Gasteiger charge is -2.05. The van der Waals surface area contributed by atoms with Gasteiger partial charge >= 0.3 is 0 Å². The molecule has 0 saturated heterocycles. The second-order valence-corrected chi connectivity index (χ2v) is 4.54. The highest BCUT2D eigenvalue weighted by molar-refractivity contribution is 5.94. The van der Waals surface area contributed by atoms with Gasteiger partial charge in [0.15, 0.2) is 0 Å². The number of benzene rings is 1. The average molecular weight is 273 g/mol. The number of hydrogen-bond acceptors (Lipinski definition) is 4. The van der Waals surface area contributed by atoms with E-state index in [4.69, 9.17) is 4.42 Å². The topological polar surface area (TPSA) is 67.2 Å². The molecule has 0 spiro atoms. The normalized spacial score (nSPS) is 10.3. The Labute approximate surface area is 118 Å². The summed E-state index contributed by atoms with van der Waals surface area (Å²) < 4.78 is 5.42. The first-order valence-electron chi connectivity index (χ1n) is 6.65. The van der Waals surface area contributed by atoms with Gasteiger partial charge in [-0.05, 0) is 45.0 Å². The molecule has 0 aliphatic carbocycles. The van der Waals surface area contributed by atoms with Crippen molar-refractivity contribution in [2.45, 2.75) is 27.3 Å². The van der Waals surface area contributed by atoms with Gasteiger partial charge in [0.1, 0.15) is 5.76 Å². The predicted octanol–water partition coefficient (Wildman–Crippen LogP) is 2.65. The quantitative estimate of drug-likeness (QED) is 0.879. The van der Waals surface area contributed by atoms with Crippen LogP contribution >= 0.6 is 0 Å². The fraction of sp³-hybridized carbons (Fsp3) is 0.333. The second kappa shape index (κ2) is 6.23. The summed E-state index contributed by atoms with van der Waals surface area (Å²) in [6.45, 7) is 6.91. The van der Waals surface area contributed by atoms with Crippen molar-refractivity contribution < 1.29 is 9.21 Å². The first kappa shape index (κ1) is 14.1. The third-order valence-corrected chi connectivity index (χ3v) is 3.00. The Morgan fingerprint density at radius 2 is 1.95 bits per heavy atom. The number of anilines is 1. The summed E-state index contributed by atoms with van der Waals surface area (Å²) in [5, 5.41) is 5.98. The van der Waals surface area contributed by atoms with E-state index in [1.54, 1.807) is 12.1 Å². The third kappa shape index (κ3) is 3.38. The molecule has 2 rings (SSSR count). The van der Waals surface area contributed by atoms with Crippen LogP contribution in [0.25, 0.3) is 0 Å². The van der Waals surface area contributed by atoms with Gasteiger partial charge < -0.3 is 15.1 Å². The summed E-state index contributed by atoms with van der Waals surface area (Å²) in [6, 6.07) is 7.36. The van der Waals surface area contributed by atoms with Gasteiger partial charge in [-0.25, -0.2) is 4.98 Å². The summed E-state index contributed by atoms with van der Waals surface area (Å²) in [6.07, 6.45) is 0. The van der Waals surface area contributed by atoms with Crippen LogP contribution in [0.5, 0.6) is 0 Å². The van der Waals surface area contributed by atoms with Crippen LogP contribution in [0.15, 0.2) is 28.7 Å². The van der Waals surface area contributed by atoms with E-state index in [0.717, 1.165) is 23.7 Å². The summed E-state index contributed by atoms with van der Waals surface area (Å²) in [7, 11) is 0. The molecular formula is C15H19N3O2. The molecule has 1 amide bonds. The van der Waals surface area contributed by atoms with Gasteiger partial charge in [0, 0.05) is 17.8 Å². The molecule has 0 aliphatic heterocycles. The smallest absolute Gasteiger partial charge is 0.251 e. The zero-order valence-electron chi connectivity index (χ0n) is 12.0. The molecule has 106 valence electrons. The van der Waals surface area contributed by atoms with Gasteiger partial charge in [-0.1, -0.05) is 0 Å². The van der Waals surface area contributed by atoms with E-state index in [2.05, 4.69) is 15.6 Å². The number of aromatic nitrogens is 1. The van der Waals surface area contributed by atoms with Crippen LogP contribution in [0.4, 0.5) is 5.69 Å². The minimum atomic E-state index is -0.137. The van der Waals surface area contributed by atoms with E-state index in [1.807, 2.05) is 32.9 Å². The third-order valence-electron chi connectivity index (χ3n) is 3.00. The van der Waals surface area contributed by atoms with Crippen LogP contribution in [-0.2, 0) is 6.54 Å². The van der Waals surface area contributed by atoms with Gasteiger partial charge in [-0.15, -0.1) is 0 Å². The molecule has 2 N–H and O–H groups in total. The van der Waals surface area contributed by atoms with Crippen molar-refractivity contribution in [1.82, 2.24) is 10.3 Å². The second-order valence-electron chi connectivity index (χ2n) is 4.54. The maximum absolute atomic E-state index is 12.0. The molecule has 1 aromatic heterocycles.